The van der Waals surface area contributed by atoms with E-state index in [1.54, 1.807) is 0 Å². The summed E-state index contributed by atoms with van der Waals surface area (Å²) in [7, 11) is 0. The summed E-state index contributed by atoms with van der Waals surface area (Å²) >= 11 is 1.53. The molecule has 4 N–H and O–H groups in total. The maximum Gasteiger partial charge on any atom is 0.324 e. The minimum atomic E-state index is -0.659. The molecule has 1 unspecified atom stereocenters. The van der Waals surface area contributed by atoms with E-state index in [4.69, 9.17) is 10.5 Å². The SMILES string of the molecule is CCCCCCCCCCCCCCCCNC(=O)NCCSCC(N)C(=O)OCc1ccccc1. The fourth-order valence-corrected chi connectivity index (χ4v) is 4.74. The largest absolute Gasteiger partial charge is 0.460 e. The van der Waals surface area contributed by atoms with Crippen LogP contribution in [-0.4, -0.2) is 42.6 Å². The number of ether oxygens (including phenoxy) is 1. The third-order valence-corrected chi connectivity index (χ3v) is 7.26. The van der Waals surface area contributed by atoms with Gasteiger partial charge in [0, 0.05) is 24.6 Å². The molecule has 0 fully saturated rings. The van der Waals surface area contributed by atoms with E-state index >= 15 is 0 Å². The molecular weight excluding hydrogens is 470 g/mol. The van der Waals surface area contributed by atoms with E-state index in [9.17, 15) is 9.59 Å². The van der Waals surface area contributed by atoms with Crippen LogP contribution in [-0.2, 0) is 16.1 Å². The van der Waals surface area contributed by atoms with Crippen LogP contribution in [0.15, 0.2) is 30.3 Å². The van der Waals surface area contributed by atoms with Gasteiger partial charge < -0.3 is 21.1 Å². The van der Waals surface area contributed by atoms with Crippen molar-refractivity contribution in [2.24, 2.45) is 5.73 Å². The Morgan fingerprint density at radius 1 is 0.806 bits per heavy atom. The van der Waals surface area contributed by atoms with Crippen LogP contribution in [0.25, 0.3) is 0 Å². The minimum absolute atomic E-state index is 0.128. The Hall–Kier alpha value is -1.73. The standard InChI is InChI=1S/C29H51N3O3S/c1-2-3-4-5-6-7-8-9-10-11-12-13-14-18-21-31-29(34)32-22-23-36-25-27(30)28(33)35-24-26-19-16-15-17-20-26/h15-17,19-20,27H,2-14,18,21-25,30H2,1H3,(H2,31,32,34). The molecule has 0 aliphatic heterocycles. The van der Waals surface area contributed by atoms with E-state index in [1.807, 2.05) is 30.3 Å². The van der Waals surface area contributed by atoms with Crippen molar-refractivity contribution < 1.29 is 14.3 Å². The van der Waals surface area contributed by atoms with Crippen LogP contribution in [0.2, 0.25) is 0 Å². The lowest BCUT2D eigenvalue weighted by Gasteiger charge is -2.12. The highest BCUT2D eigenvalue weighted by molar-refractivity contribution is 7.99. The molecule has 1 atom stereocenters. The van der Waals surface area contributed by atoms with Crippen molar-refractivity contribution in [1.82, 2.24) is 10.6 Å². The van der Waals surface area contributed by atoms with Gasteiger partial charge in [-0.15, -0.1) is 0 Å². The van der Waals surface area contributed by atoms with Crippen LogP contribution in [0.3, 0.4) is 0 Å². The fraction of sp³-hybridized carbons (Fsp3) is 0.724. The lowest BCUT2D eigenvalue weighted by Crippen LogP contribution is -2.38. The molecule has 6 nitrogen and oxygen atoms in total. The smallest absolute Gasteiger partial charge is 0.324 e. The summed E-state index contributed by atoms with van der Waals surface area (Å²) in [6, 6.07) is 8.75. The number of hydrogen-bond donors (Lipinski definition) is 3. The molecule has 7 heteroatoms. The van der Waals surface area contributed by atoms with Gasteiger partial charge in [0.2, 0.25) is 0 Å². The summed E-state index contributed by atoms with van der Waals surface area (Å²) in [6.45, 7) is 3.77. The molecule has 36 heavy (non-hydrogen) atoms. The lowest BCUT2D eigenvalue weighted by molar-refractivity contribution is -0.145. The Kier molecular flexibility index (Phi) is 21.2. The zero-order valence-corrected chi connectivity index (χ0v) is 23.4. The van der Waals surface area contributed by atoms with Gasteiger partial charge in [0.25, 0.3) is 0 Å². The molecule has 0 radical (unpaired) electrons. The molecule has 206 valence electrons. The molecule has 1 aromatic carbocycles. The van der Waals surface area contributed by atoms with Crippen LogP contribution in [0.1, 0.15) is 102 Å². The van der Waals surface area contributed by atoms with Crippen molar-refractivity contribution in [2.45, 2.75) is 109 Å². The summed E-state index contributed by atoms with van der Waals surface area (Å²) in [5.74, 6) is 0.771. The number of esters is 1. The number of hydrogen-bond acceptors (Lipinski definition) is 5. The maximum absolute atomic E-state index is 12.0. The highest BCUT2D eigenvalue weighted by atomic mass is 32.2. The average molecular weight is 522 g/mol. The maximum atomic E-state index is 12.0. The van der Waals surface area contributed by atoms with Crippen LogP contribution in [0.5, 0.6) is 0 Å². The quantitative estimate of drug-likeness (QED) is 0.112. The van der Waals surface area contributed by atoms with Gasteiger partial charge in [-0.3, -0.25) is 4.79 Å². The number of benzene rings is 1. The molecule has 0 aliphatic rings. The number of rotatable bonds is 23. The first-order valence-corrected chi connectivity index (χ1v) is 15.3. The zero-order valence-electron chi connectivity index (χ0n) is 22.6. The van der Waals surface area contributed by atoms with Crippen molar-refractivity contribution in [3.05, 3.63) is 35.9 Å². The molecule has 0 aliphatic carbocycles. The molecular formula is C29H51N3O3S. The number of amides is 2. The molecule has 0 spiro atoms. The molecule has 1 rings (SSSR count). The number of nitrogens with one attached hydrogen (secondary N) is 2. The first-order chi connectivity index (χ1) is 17.6. The van der Waals surface area contributed by atoms with E-state index in [0.29, 0.717) is 18.1 Å². The Labute approximate surface area is 224 Å². The highest BCUT2D eigenvalue weighted by Crippen LogP contribution is 2.13. The summed E-state index contributed by atoms with van der Waals surface area (Å²) in [5, 5.41) is 5.77. The zero-order chi connectivity index (χ0) is 26.1. The van der Waals surface area contributed by atoms with Crippen LogP contribution < -0.4 is 16.4 Å². The molecule has 0 saturated heterocycles. The predicted molar refractivity (Wildman–Crippen MR) is 153 cm³/mol. The van der Waals surface area contributed by atoms with Crippen LogP contribution in [0, 0.1) is 0 Å². The van der Waals surface area contributed by atoms with Gasteiger partial charge in [0.1, 0.15) is 12.6 Å². The second kappa shape index (κ2) is 23.7. The fourth-order valence-electron chi connectivity index (χ4n) is 3.93. The Bertz CT molecular complexity index is 660. The second-order valence-corrected chi connectivity index (χ2v) is 10.7. The topological polar surface area (TPSA) is 93.5 Å². The predicted octanol–water partition coefficient (Wildman–Crippen LogP) is 6.57. The second-order valence-electron chi connectivity index (χ2n) is 9.55. The summed E-state index contributed by atoms with van der Waals surface area (Å²) < 4.78 is 5.25. The van der Waals surface area contributed by atoms with E-state index in [0.717, 1.165) is 18.5 Å². The van der Waals surface area contributed by atoms with E-state index in [1.165, 1.54) is 95.2 Å². The monoisotopic (exact) mass is 521 g/mol. The van der Waals surface area contributed by atoms with Crippen LogP contribution in [0.4, 0.5) is 4.79 Å². The minimum Gasteiger partial charge on any atom is -0.460 e. The molecule has 0 heterocycles. The lowest BCUT2D eigenvalue weighted by atomic mass is 10.0. The first-order valence-electron chi connectivity index (χ1n) is 14.2. The van der Waals surface area contributed by atoms with Gasteiger partial charge in [0.15, 0.2) is 0 Å². The molecule has 2 amide bonds. The van der Waals surface area contributed by atoms with Gasteiger partial charge >= 0.3 is 12.0 Å². The first kappa shape index (κ1) is 32.3. The number of urea groups is 1. The Balaban J connectivity index is 1.83. The Morgan fingerprint density at radius 3 is 1.92 bits per heavy atom. The van der Waals surface area contributed by atoms with Crippen molar-refractivity contribution in [2.75, 3.05) is 24.6 Å². The summed E-state index contributed by atoms with van der Waals surface area (Å²) in [5.41, 5.74) is 6.84. The number of thioether (sulfide) groups is 1. The number of unbranched alkanes of at least 4 members (excludes halogenated alkanes) is 13. The van der Waals surface area contributed by atoms with Crippen molar-refractivity contribution >= 4 is 23.8 Å². The third-order valence-electron chi connectivity index (χ3n) is 6.17. The van der Waals surface area contributed by atoms with Gasteiger partial charge in [-0.1, -0.05) is 121 Å². The molecule has 0 aromatic heterocycles. The van der Waals surface area contributed by atoms with Crippen LogP contribution >= 0.6 is 11.8 Å². The van der Waals surface area contributed by atoms with Gasteiger partial charge in [-0.2, -0.15) is 11.8 Å². The van der Waals surface area contributed by atoms with E-state index < -0.39 is 12.0 Å². The van der Waals surface area contributed by atoms with Gasteiger partial charge in [0.05, 0.1) is 0 Å². The average Bonchev–Trinajstić information content (AvgIpc) is 2.89. The number of nitrogens with two attached hydrogens (primary N) is 1. The normalized spacial score (nSPS) is 11.7. The molecule has 0 bridgehead atoms. The molecule has 1 aromatic rings. The molecule has 0 saturated carbocycles. The third kappa shape index (κ3) is 19.5. The van der Waals surface area contributed by atoms with E-state index in [2.05, 4.69) is 17.6 Å². The Morgan fingerprint density at radius 2 is 1.33 bits per heavy atom. The number of carbonyl (C=O) groups is 2. The van der Waals surface area contributed by atoms with Crippen molar-refractivity contribution in [3.8, 4) is 0 Å². The van der Waals surface area contributed by atoms with Gasteiger partial charge in [-0.05, 0) is 12.0 Å². The number of carbonyl (C=O) groups excluding carboxylic acids is 2. The van der Waals surface area contributed by atoms with E-state index in [-0.39, 0.29) is 12.6 Å². The van der Waals surface area contributed by atoms with Gasteiger partial charge in [-0.25, -0.2) is 4.79 Å². The summed E-state index contributed by atoms with van der Waals surface area (Å²) in [6.07, 6.45) is 18.6. The van der Waals surface area contributed by atoms with Crippen molar-refractivity contribution in [3.63, 3.8) is 0 Å². The summed E-state index contributed by atoms with van der Waals surface area (Å²) in [4.78, 5) is 23.8. The highest BCUT2D eigenvalue weighted by Gasteiger charge is 2.15. The van der Waals surface area contributed by atoms with Crippen molar-refractivity contribution in [1.29, 1.82) is 0 Å².